The van der Waals surface area contributed by atoms with Crippen molar-refractivity contribution in [3.63, 3.8) is 0 Å². The topological polar surface area (TPSA) is 61.5 Å². The average molecular weight is 276 g/mol. The van der Waals surface area contributed by atoms with Gasteiger partial charge in [-0.1, -0.05) is 6.08 Å². The van der Waals surface area contributed by atoms with Gasteiger partial charge in [0.05, 0.1) is 4.91 Å². The Bertz CT molecular complexity index is 615. The van der Waals surface area contributed by atoms with E-state index in [9.17, 15) is 9.70 Å². The molecule has 3 aliphatic rings. The number of carbonyl (C=O) groups excluding carboxylic acids is 1. The van der Waals surface area contributed by atoms with Crippen molar-refractivity contribution >= 4 is 23.4 Å². The molecule has 0 aromatic rings. The van der Waals surface area contributed by atoms with Crippen LogP contribution in [-0.2, 0) is 4.79 Å². The minimum Gasteiger partial charge on any atom is -0.327 e. The molecular weight excluding hydrogens is 262 g/mol. The normalized spacial score (nSPS) is 28.6. The van der Waals surface area contributed by atoms with Gasteiger partial charge in [0.25, 0.3) is 5.88 Å². The summed E-state index contributed by atoms with van der Waals surface area (Å²) in [6.07, 6.45) is 6.76. The van der Waals surface area contributed by atoms with Gasteiger partial charge in [-0.2, -0.15) is 0 Å². The van der Waals surface area contributed by atoms with E-state index >= 15 is 0 Å². The summed E-state index contributed by atoms with van der Waals surface area (Å²) < 4.78 is 0. The number of hydrogen-bond donors (Lipinski definition) is 1. The second-order valence-electron chi connectivity index (χ2n) is 5.06. The van der Waals surface area contributed by atoms with E-state index in [-0.39, 0.29) is 11.3 Å². The van der Waals surface area contributed by atoms with Crippen molar-refractivity contribution in [2.45, 2.75) is 20.3 Å². The van der Waals surface area contributed by atoms with Crippen molar-refractivity contribution in [3.8, 4) is 0 Å². The molecule has 5 nitrogen and oxygen atoms in total. The zero-order valence-electron chi connectivity index (χ0n) is 10.8. The zero-order chi connectivity index (χ0) is 13.6. The summed E-state index contributed by atoms with van der Waals surface area (Å²) in [6.45, 7) is 3.58. The second kappa shape index (κ2) is 4.16. The van der Waals surface area contributed by atoms with Crippen LogP contribution in [0.5, 0.6) is 0 Å². The quantitative estimate of drug-likeness (QED) is 0.746. The number of thioether (sulfide) groups is 1. The third kappa shape index (κ3) is 1.96. The first-order valence-corrected chi connectivity index (χ1v) is 7.06. The van der Waals surface area contributed by atoms with Crippen molar-refractivity contribution in [1.29, 1.82) is 0 Å². The highest BCUT2D eigenvalue weighted by molar-refractivity contribution is 8.03. The molecule has 1 heterocycles. The number of hydrogen-bond acceptors (Lipinski definition) is 3. The molecular formula is C13H14N3O2S+. The van der Waals surface area contributed by atoms with E-state index in [1.54, 1.807) is 0 Å². The largest absolute Gasteiger partial charge is 0.327 e. The number of carbonyl (C=O) groups is 1. The number of fused-ring (bicyclic) bond motifs is 3. The Morgan fingerprint density at radius 3 is 3.05 bits per heavy atom. The standard InChI is InChI=1S/C13H13N3O2S/c1-8(17)14-10-3-4-13(2)9(5-10)6-11-12(13)15-16(18)7-19-11/h3,5-6H,4,7H2,1-2H3/p+1. The van der Waals surface area contributed by atoms with E-state index < -0.39 is 0 Å². The SMILES string of the molecule is CC(=O)NC1=CCC2(C)C(=C1)C=C1SC[N+](=O)N=C12. The van der Waals surface area contributed by atoms with Gasteiger partial charge in [-0.05, 0) is 42.8 Å². The van der Waals surface area contributed by atoms with Crippen LogP contribution in [-0.4, -0.2) is 22.4 Å². The fourth-order valence-electron chi connectivity index (χ4n) is 2.56. The van der Waals surface area contributed by atoms with Gasteiger partial charge in [0.1, 0.15) is 5.71 Å². The maximum absolute atomic E-state index is 11.4. The minimum absolute atomic E-state index is 0.0766. The van der Waals surface area contributed by atoms with Crippen LogP contribution in [0.2, 0.25) is 0 Å². The van der Waals surface area contributed by atoms with E-state index in [0.29, 0.717) is 5.88 Å². The highest BCUT2D eigenvalue weighted by Gasteiger charge is 2.46. The highest BCUT2D eigenvalue weighted by Crippen LogP contribution is 2.49. The Morgan fingerprint density at radius 2 is 2.32 bits per heavy atom. The van der Waals surface area contributed by atoms with Crippen LogP contribution in [0.15, 0.2) is 39.5 Å². The lowest BCUT2D eigenvalue weighted by Gasteiger charge is -2.29. The summed E-state index contributed by atoms with van der Waals surface area (Å²) in [5, 5.41) is 6.93. The smallest absolute Gasteiger partial charge is 0.278 e. The molecule has 0 radical (unpaired) electrons. The highest BCUT2D eigenvalue weighted by atomic mass is 32.2. The first-order valence-electron chi connectivity index (χ1n) is 6.07. The van der Waals surface area contributed by atoms with Crippen molar-refractivity contribution in [2.24, 2.45) is 10.5 Å². The number of nitroso groups, excluding NO2 is 1. The molecule has 6 heteroatoms. The molecule has 3 rings (SSSR count). The lowest BCUT2D eigenvalue weighted by Crippen LogP contribution is -2.31. The van der Waals surface area contributed by atoms with Gasteiger partial charge in [0.15, 0.2) is 4.87 Å². The van der Waals surface area contributed by atoms with Gasteiger partial charge in [0.2, 0.25) is 5.91 Å². The number of amides is 1. The lowest BCUT2D eigenvalue weighted by molar-refractivity contribution is -0.535. The maximum atomic E-state index is 11.4. The third-order valence-corrected chi connectivity index (χ3v) is 4.56. The second-order valence-corrected chi connectivity index (χ2v) is 6.05. The van der Waals surface area contributed by atoms with Crippen LogP contribution in [0.4, 0.5) is 0 Å². The molecule has 1 unspecified atom stereocenters. The summed E-state index contributed by atoms with van der Waals surface area (Å²) in [4.78, 5) is 24.3. The predicted octanol–water partition coefficient (Wildman–Crippen LogP) is 2.08. The molecule has 1 atom stereocenters. The number of nitrogens with zero attached hydrogens (tertiary/aromatic N) is 2. The van der Waals surface area contributed by atoms with Gasteiger partial charge in [0, 0.05) is 28.0 Å². The van der Waals surface area contributed by atoms with Crippen LogP contribution >= 0.6 is 11.8 Å². The van der Waals surface area contributed by atoms with E-state index in [1.807, 2.05) is 12.2 Å². The Kier molecular flexibility index (Phi) is 2.70. The van der Waals surface area contributed by atoms with E-state index in [1.165, 1.54) is 18.7 Å². The van der Waals surface area contributed by atoms with Crippen molar-refractivity contribution in [2.75, 3.05) is 5.88 Å². The molecule has 0 aromatic heterocycles. The molecule has 0 bridgehead atoms. The third-order valence-electron chi connectivity index (χ3n) is 3.58. The fraction of sp³-hybridized carbons (Fsp3) is 0.385. The zero-order valence-corrected chi connectivity index (χ0v) is 11.6. The van der Waals surface area contributed by atoms with Gasteiger partial charge in [-0.3, -0.25) is 4.79 Å². The van der Waals surface area contributed by atoms with Crippen molar-refractivity contribution < 1.29 is 9.66 Å². The van der Waals surface area contributed by atoms with Gasteiger partial charge >= 0.3 is 0 Å². The average Bonchev–Trinajstić information content (AvgIpc) is 2.62. The molecule has 0 aromatic carbocycles. The van der Waals surface area contributed by atoms with Crippen LogP contribution in [0.25, 0.3) is 0 Å². The fourth-order valence-corrected chi connectivity index (χ4v) is 3.48. The number of allylic oxidation sites excluding steroid dienone is 5. The first kappa shape index (κ1) is 12.3. The van der Waals surface area contributed by atoms with Crippen molar-refractivity contribution in [1.82, 2.24) is 5.32 Å². The van der Waals surface area contributed by atoms with Crippen LogP contribution in [0.3, 0.4) is 0 Å². The summed E-state index contributed by atoms with van der Waals surface area (Å²) in [5.41, 5.74) is 2.53. The van der Waals surface area contributed by atoms with E-state index in [0.717, 1.165) is 33.2 Å². The van der Waals surface area contributed by atoms with Gasteiger partial charge < -0.3 is 5.32 Å². The lowest BCUT2D eigenvalue weighted by atomic mass is 9.76. The molecule has 19 heavy (non-hydrogen) atoms. The van der Waals surface area contributed by atoms with E-state index in [4.69, 9.17) is 0 Å². The molecule has 0 saturated heterocycles. The molecule has 0 saturated carbocycles. The van der Waals surface area contributed by atoms with Crippen LogP contribution in [0.1, 0.15) is 20.3 Å². The molecule has 1 amide bonds. The molecule has 1 N–H and O–H groups in total. The Hall–Kier alpha value is -1.69. The predicted molar refractivity (Wildman–Crippen MR) is 74.3 cm³/mol. The summed E-state index contributed by atoms with van der Waals surface area (Å²) in [5.74, 6) is 0.261. The van der Waals surface area contributed by atoms with Gasteiger partial charge in [-0.15, -0.1) is 0 Å². The van der Waals surface area contributed by atoms with Crippen molar-refractivity contribution in [3.05, 3.63) is 39.3 Å². The van der Waals surface area contributed by atoms with E-state index in [2.05, 4.69) is 23.4 Å². The molecule has 0 fully saturated rings. The van der Waals surface area contributed by atoms with Crippen LogP contribution < -0.4 is 5.32 Å². The summed E-state index contributed by atoms with van der Waals surface area (Å²) in [6, 6.07) is 0. The number of nitrogens with one attached hydrogen (secondary N) is 1. The molecule has 0 spiro atoms. The minimum atomic E-state index is -0.243. The maximum Gasteiger partial charge on any atom is 0.278 e. The Labute approximate surface area is 115 Å². The Morgan fingerprint density at radius 1 is 1.53 bits per heavy atom. The molecule has 1 aliphatic heterocycles. The summed E-state index contributed by atoms with van der Waals surface area (Å²) >= 11 is 1.51. The number of hydrazone groups is 1. The van der Waals surface area contributed by atoms with Gasteiger partial charge in [-0.25, -0.2) is 0 Å². The van der Waals surface area contributed by atoms with Crippen LogP contribution in [0, 0.1) is 10.3 Å². The monoisotopic (exact) mass is 276 g/mol. The summed E-state index contributed by atoms with van der Waals surface area (Å²) in [7, 11) is 0. The Balaban J connectivity index is 1.99. The number of rotatable bonds is 1. The first-order chi connectivity index (χ1) is 8.99. The molecule has 98 valence electrons. The molecule has 2 aliphatic carbocycles.